The second-order valence-electron chi connectivity index (χ2n) is 7.97. The summed E-state index contributed by atoms with van der Waals surface area (Å²) in [5, 5.41) is -0.209. The Morgan fingerprint density at radius 2 is 1.80 bits per heavy atom. The molecule has 5 nitrogen and oxygen atoms in total. The first-order valence-electron chi connectivity index (χ1n) is 7.92. The van der Waals surface area contributed by atoms with Crippen LogP contribution in [0.2, 0.25) is 0 Å². The van der Waals surface area contributed by atoms with E-state index in [1.165, 1.54) is 16.7 Å². The molecule has 0 radical (unpaired) electrons. The summed E-state index contributed by atoms with van der Waals surface area (Å²) in [6.45, 7) is 8.85. The minimum absolute atomic E-state index is 0.0335. The normalized spacial score (nSPS) is 28.4. The van der Waals surface area contributed by atoms with E-state index >= 15 is 0 Å². The van der Waals surface area contributed by atoms with E-state index in [-0.39, 0.29) is 30.1 Å². The smallest absolute Gasteiger partial charge is 0.330 e. The predicted octanol–water partition coefficient (Wildman–Crippen LogP) is 3.58. The summed E-state index contributed by atoms with van der Waals surface area (Å²) in [5.41, 5.74) is -0.498. The highest BCUT2D eigenvalue weighted by Crippen LogP contribution is 2.54. The van der Waals surface area contributed by atoms with Gasteiger partial charge in [0.05, 0.1) is 11.3 Å². The standard InChI is InChI=1S/C16H22Cl3NO4S/c1-14(2,3)9(21)6-8-11(22)20-10(15(4,5)25-12(8)20)13(23)24-7-16(17,18)19/h8,10,12H,6-7H2,1-5H3/t8-,10-,12+/m0/s1. The number of hydrogen-bond acceptors (Lipinski definition) is 5. The monoisotopic (exact) mass is 429 g/mol. The number of Topliss-reactive ketones (excluding diaryl/α,β-unsaturated/α-hetero) is 1. The molecule has 3 atom stereocenters. The van der Waals surface area contributed by atoms with Crippen molar-refractivity contribution in [3.63, 3.8) is 0 Å². The molecule has 2 saturated heterocycles. The zero-order chi connectivity index (χ0) is 19.4. The van der Waals surface area contributed by atoms with Crippen LogP contribution in [0.25, 0.3) is 0 Å². The van der Waals surface area contributed by atoms with E-state index in [4.69, 9.17) is 39.5 Å². The first-order chi connectivity index (χ1) is 11.1. The maximum absolute atomic E-state index is 12.6. The second-order valence-corrected chi connectivity index (χ2v) is 12.3. The predicted molar refractivity (Wildman–Crippen MR) is 99.9 cm³/mol. The van der Waals surface area contributed by atoms with E-state index in [9.17, 15) is 14.4 Å². The van der Waals surface area contributed by atoms with Crippen LogP contribution in [0.4, 0.5) is 0 Å². The second kappa shape index (κ2) is 6.77. The van der Waals surface area contributed by atoms with Crippen molar-refractivity contribution in [2.75, 3.05) is 6.61 Å². The molecule has 0 spiro atoms. The summed E-state index contributed by atoms with van der Waals surface area (Å²) >= 11 is 18.4. The Kier molecular flexibility index (Phi) is 5.72. The fraction of sp³-hybridized carbons (Fsp3) is 0.812. The van der Waals surface area contributed by atoms with Crippen LogP contribution >= 0.6 is 46.6 Å². The number of thioether (sulfide) groups is 1. The Morgan fingerprint density at radius 1 is 1.24 bits per heavy atom. The number of amides is 1. The highest BCUT2D eigenvalue weighted by molar-refractivity contribution is 8.01. The number of hydrogen-bond donors (Lipinski definition) is 0. The Bertz CT molecular complexity index is 597. The maximum Gasteiger partial charge on any atom is 0.330 e. The van der Waals surface area contributed by atoms with Gasteiger partial charge in [0.2, 0.25) is 9.70 Å². The van der Waals surface area contributed by atoms with Gasteiger partial charge in [-0.25, -0.2) is 4.79 Å². The molecular formula is C16H22Cl3NO4S. The van der Waals surface area contributed by atoms with Crippen molar-refractivity contribution >= 4 is 64.2 Å². The van der Waals surface area contributed by atoms with Gasteiger partial charge in [0.25, 0.3) is 0 Å². The third kappa shape index (κ3) is 4.40. The largest absolute Gasteiger partial charge is 0.460 e. The zero-order valence-electron chi connectivity index (χ0n) is 14.8. The summed E-state index contributed by atoms with van der Waals surface area (Å²) in [5.74, 6) is -1.16. The van der Waals surface area contributed by atoms with Gasteiger partial charge in [0.1, 0.15) is 18.4 Å². The average molecular weight is 431 g/mol. The van der Waals surface area contributed by atoms with Crippen molar-refractivity contribution in [1.29, 1.82) is 0 Å². The average Bonchev–Trinajstić information content (AvgIpc) is 2.68. The Hall–Kier alpha value is -0.170. The number of nitrogens with zero attached hydrogens (tertiary/aromatic N) is 1. The van der Waals surface area contributed by atoms with Gasteiger partial charge in [-0.15, -0.1) is 11.8 Å². The van der Waals surface area contributed by atoms with Crippen LogP contribution in [0.1, 0.15) is 41.0 Å². The molecule has 2 aliphatic heterocycles. The lowest BCUT2D eigenvalue weighted by atomic mass is 9.81. The highest BCUT2D eigenvalue weighted by atomic mass is 35.6. The highest BCUT2D eigenvalue weighted by Gasteiger charge is 2.64. The van der Waals surface area contributed by atoms with E-state index in [0.717, 1.165) is 0 Å². The van der Waals surface area contributed by atoms with Crippen LogP contribution in [0.5, 0.6) is 0 Å². The van der Waals surface area contributed by atoms with Gasteiger partial charge in [-0.2, -0.15) is 0 Å². The molecule has 0 aromatic heterocycles. The molecule has 142 valence electrons. The van der Waals surface area contributed by atoms with E-state index in [1.807, 2.05) is 34.6 Å². The quantitative estimate of drug-likeness (QED) is 0.387. The van der Waals surface area contributed by atoms with Crippen molar-refractivity contribution in [2.45, 2.75) is 61.0 Å². The summed E-state index contributed by atoms with van der Waals surface area (Å²) in [6, 6.07) is -0.761. The number of ether oxygens (including phenoxy) is 1. The molecule has 0 aliphatic carbocycles. The fourth-order valence-electron chi connectivity index (χ4n) is 3.00. The number of rotatable bonds is 4. The van der Waals surface area contributed by atoms with E-state index in [1.54, 1.807) is 0 Å². The number of halogens is 3. The lowest BCUT2D eigenvalue weighted by Crippen LogP contribution is -2.63. The van der Waals surface area contributed by atoms with Crippen LogP contribution in [-0.4, -0.2) is 49.1 Å². The van der Waals surface area contributed by atoms with Gasteiger partial charge in [-0.1, -0.05) is 55.6 Å². The van der Waals surface area contributed by atoms with Crippen molar-refractivity contribution in [3.05, 3.63) is 0 Å². The van der Waals surface area contributed by atoms with Gasteiger partial charge >= 0.3 is 5.97 Å². The first kappa shape index (κ1) is 21.1. The molecule has 0 aromatic carbocycles. The Morgan fingerprint density at radius 3 is 2.28 bits per heavy atom. The molecule has 1 amide bonds. The molecule has 0 aromatic rings. The van der Waals surface area contributed by atoms with E-state index < -0.39 is 31.9 Å². The van der Waals surface area contributed by atoms with Crippen molar-refractivity contribution < 1.29 is 19.1 Å². The zero-order valence-corrected chi connectivity index (χ0v) is 17.9. The molecule has 0 unspecified atom stereocenters. The summed E-state index contributed by atoms with van der Waals surface area (Å²) in [7, 11) is 0. The third-order valence-electron chi connectivity index (χ3n) is 4.39. The SMILES string of the molecule is CC(C)(C)C(=O)C[C@H]1C(=O)N2[C@@H]1SC(C)(C)[C@@H]2C(=O)OCC(Cl)(Cl)Cl. The molecule has 0 N–H and O–H groups in total. The number of esters is 1. The number of carbonyl (C=O) groups is 3. The Labute approximate surface area is 167 Å². The van der Waals surface area contributed by atoms with Crippen molar-refractivity contribution in [3.8, 4) is 0 Å². The lowest BCUT2D eigenvalue weighted by Gasteiger charge is -2.44. The number of alkyl halides is 3. The summed E-state index contributed by atoms with van der Waals surface area (Å²) < 4.78 is 2.83. The summed E-state index contributed by atoms with van der Waals surface area (Å²) in [4.78, 5) is 38.8. The summed E-state index contributed by atoms with van der Waals surface area (Å²) in [6.07, 6.45) is 0.183. The van der Waals surface area contributed by atoms with Crippen LogP contribution in [0.15, 0.2) is 0 Å². The van der Waals surface area contributed by atoms with Gasteiger partial charge in [0, 0.05) is 16.6 Å². The molecule has 0 bridgehead atoms. The van der Waals surface area contributed by atoms with Crippen LogP contribution in [0.3, 0.4) is 0 Å². The minimum atomic E-state index is -1.70. The number of β-lactam (4-membered cyclic amide) rings is 1. The van der Waals surface area contributed by atoms with Crippen molar-refractivity contribution in [2.24, 2.45) is 11.3 Å². The number of carbonyl (C=O) groups excluding carboxylic acids is 3. The molecule has 9 heteroatoms. The molecular weight excluding hydrogens is 409 g/mol. The van der Waals surface area contributed by atoms with Crippen LogP contribution in [0, 0.1) is 11.3 Å². The van der Waals surface area contributed by atoms with Gasteiger partial charge in [-0.3, -0.25) is 9.59 Å². The number of ketones is 1. The Balaban J connectivity index is 2.10. The molecule has 0 saturated carbocycles. The van der Waals surface area contributed by atoms with Crippen molar-refractivity contribution in [1.82, 2.24) is 4.90 Å². The first-order valence-corrected chi connectivity index (χ1v) is 9.93. The molecule has 2 aliphatic rings. The molecule has 2 rings (SSSR count). The third-order valence-corrected chi connectivity index (χ3v) is 6.35. The lowest BCUT2D eigenvalue weighted by molar-refractivity contribution is -0.167. The minimum Gasteiger partial charge on any atom is -0.460 e. The number of fused-ring (bicyclic) bond motifs is 1. The van der Waals surface area contributed by atoms with E-state index in [2.05, 4.69) is 0 Å². The molecule has 2 heterocycles. The molecule has 2 fully saturated rings. The van der Waals surface area contributed by atoms with Crippen LogP contribution < -0.4 is 0 Å². The van der Waals surface area contributed by atoms with Gasteiger partial charge < -0.3 is 9.64 Å². The topological polar surface area (TPSA) is 63.7 Å². The van der Waals surface area contributed by atoms with Crippen LogP contribution in [-0.2, 0) is 19.1 Å². The fourth-order valence-corrected chi connectivity index (χ4v) is 4.84. The molecule has 25 heavy (non-hydrogen) atoms. The van der Waals surface area contributed by atoms with E-state index in [0.29, 0.717) is 0 Å². The maximum atomic E-state index is 12.6. The van der Waals surface area contributed by atoms with Gasteiger partial charge in [0.15, 0.2) is 0 Å². The van der Waals surface area contributed by atoms with Gasteiger partial charge in [-0.05, 0) is 13.8 Å².